The van der Waals surface area contributed by atoms with Crippen molar-refractivity contribution in [2.24, 2.45) is 0 Å². The Morgan fingerprint density at radius 2 is 2.10 bits per heavy atom. The number of carbonyl (C=O) groups is 1. The lowest BCUT2D eigenvalue weighted by atomic mass is 10.1. The van der Waals surface area contributed by atoms with Crippen LogP contribution >= 0.6 is 0 Å². The summed E-state index contributed by atoms with van der Waals surface area (Å²) in [4.78, 5) is 10.9. The topological polar surface area (TPSA) is 73.1 Å². The van der Waals surface area contributed by atoms with Crippen molar-refractivity contribution in [1.82, 2.24) is 0 Å². The fourth-order valence-electron chi connectivity index (χ4n) is 1.92. The van der Waals surface area contributed by atoms with Crippen molar-refractivity contribution in [2.75, 3.05) is 5.32 Å². The van der Waals surface area contributed by atoms with Crippen LogP contribution < -0.4 is 5.32 Å². The summed E-state index contributed by atoms with van der Waals surface area (Å²) in [5.74, 6) is -1.57. The summed E-state index contributed by atoms with van der Waals surface area (Å²) in [5.41, 5.74) is 2.44. The third-order valence-corrected chi connectivity index (χ3v) is 3.13. The molecular weight excluding hydrogens is 271 g/mol. The molecule has 0 aliphatic carbocycles. The van der Waals surface area contributed by atoms with Gasteiger partial charge in [0, 0.05) is 17.8 Å². The first-order valence-corrected chi connectivity index (χ1v) is 6.27. The lowest BCUT2D eigenvalue weighted by molar-refractivity contribution is 0.0696. The fourth-order valence-corrected chi connectivity index (χ4v) is 1.92. The number of nitrogens with one attached hydrogen (secondary N) is 1. The van der Waals surface area contributed by atoms with Crippen LogP contribution in [0.15, 0.2) is 36.4 Å². The second-order valence-electron chi connectivity index (χ2n) is 4.61. The highest BCUT2D eigenvalue weighted by Crippen LogP contribution is 2.19. The summed E-state index contributed by atoms with van der Waals surface area (Å²) in [6, 6.07) is 10.9. The third-order valence-electron chi connectivity index (χ3n) is 3.13. The molecule has 0 fully saturated rings. The smallest absolute Gasteiger partial charge is 0.335 e. The molecule has 0 aliphatic rings. The van der Waals surface area contributed by atoms with Gasteiger partial charge in [-0.25, -0.2) is 9.18 Å². The second kappa shape index (κ2) is 6.06. The van der Waals surface area contributed by atoms with E-state index in [-0.39, 0.29) is 17.7 Å². The third kappa shape index (κ3) is 3.37. The van der Waals surface area contributed by atoms with E-state index in [2.05, 4.69) is 5.32 Å². The Morgan fingerprint density at radius 1 is 1.33 bits per heavy atom. The molecule has 2 N–H and O–H groups in total. The first-order valence-electron chi connectivity index (χ1n) is 6.27. The van der Waals surface area contributed by atoms with Crippen molar-refractivity contribution in [1.29, 1.82) is 5.26 Å². The van der Waals surface area contributed by atoms with E-state index in [0.29, 0.717) is 11.3 Å². The van der Waals surface area contributed by atoms with Gasteiger partial charge in [0.15, 0.2) is 0 Å². The molecule has 0 amide bonds. The molecule has 106 valence electrons. The van der Waals surface area contributed by atoms with Crippen LogP contribution in [0.3, 0.4) is 0 Å². The largest absolute Gasteiger partial charge is 0.478 e. The average Bonchev–Trinajstić information content (AvgIpc) is 2.47. The van der Waals surface area contributed by atoms with Gasteiger partial charge in [-0.1, -0.05) is 6.07 Å². The lowest BCUT2D eigenvalue weighted by Gasteiger charge is -2.11. The number of nitrogens with zero attached hydrogens (tertiary/aromatic N) is 1. The standard InChI is InChI=1S/C16H13FN2O2/c1-10-2-3-11(8-18)6-15(10)19-9-13-7-12(16(20)21)4-5-14(13)17/h2-7,19H,9H2,1H3,(H,20,21). The molecule has 21 heavy (non-hydrogen) atoms. The van der Waals surface area contributed by atoms with Crippen LogP contribution in [0.1, 0.15) is 27.0 Å². The zero-order chi connectivity index (χ0) is 15.4. The SMILES string of the molecule is Cc1ccc(C#N)cc1NCc1cc(C(=O)O)ccc1F. The molecule has 0 bridgehead atoms. The molecule has 0 heterocycles. The van der Waals surface area contributed by atoms with Gasteiger partial charge in [-0.2, -0.15) is 5.26 Å². The van der Waals surface area contributed by atoms with Crippen molar-refractivity contribution in [3.8, 4) is 6.07 Å². The molecule has 0 atom stereocenters. The summed E-state index contributed by atoms with van der Waals surface area (Å²) in [5, 5.41) is 20.8. The molecule has 2 aromatic rings. The van der Waals surface area contributed by atoms with E-state index >= 15 is 0 Å². The summed E-state index contributed by atoms with van der Waals surface area (Å²) < 4.78 is 13.7. The van der Waals surface area contributed by atoms with E-state index in [1.54, 1.807) is 18.2 Å². The van der Waals surface area contributed by atoms with E-state index < -0.39 is 11.8 Å². The Bertz CT molecular complexity index is 736. The predicted octanol–water partition coefficient (Wildman–Crippen LogP) is 3.32. The van der Waals surface area contributed by atoms with Crippen LogP contribution in [0.4, 0.5) is 10.1 Å². The first-order chi connectivity index (χ1) is 10.0. The van der Waals surface area contributed by atoms with E-state index in [4.69, 9.17) is 10.4 Å². The average molecular weight is 284 g/mol. The molecule has 2 aromatic carbocycles. The van der Waals surface area contributed by atoms with Crippen molar-refractivity contribution in [3.05, 3.63) is 64.5 Å². The molecule has 0 radical (unpaired) electrons. The zero-order valence-corrected chi connectivity index (χ0v) is 11.4. The number of hydrogen-bond acceptors (Lipinski definition) is 3. The maximum Gasteiger partial charge on any atom is 0.335 e. The van der Waals surface area contributed by atoms with Gasteiger partial charge in [-0.05, 0) is 42.8 Å². The Labute approximate surface area is 121 Å². The molecule has 0 aromatic heterocycles. The maximum absolute atomic E-state index is 13.7. The highest BCUT2D eigenvalue weighted by atomic mass is 19.1. The monoisotopic (exact) mass is 284 g/mol. The number of carboxylic acids is 1. The molecule has 4 nitrogen and oxygen atoms in total. The van der Waals surface area contributed by atoms with Crippen LogP contribution in [0.25, 0.3) is 0 Å². The molecule has 0 unspecified atom stereocenters. The molecule has 0 aliphatic heterocycles. The number of hydrogen-bond donors (Lipinski definition) is 2. The zero-order valence-electron chi connectivity index (χ0n) is 11.4. The van der Waals surface area contributed by atoms with Crippen LogP contribution in [-0.2, 0) is 6.54 Å². The second-order valence-corrected chi connectivity index (χ2v) is 4.61. The number of halogens is 1. The van der Waals surface area contributed by atoms with E-state index in [0.717, 1.165) is 11.6 Å². The van der Waals surface area contributed by atoms with E-state index in [1.165, 1.54) is 12.1 Å². The van der Waals surface area contributed by atoms with Crippen molar-refractivity contribution < 1.29 is 14.3 Å². The van der Waals surface area contributed by atoms with Gasteiger partial charge in [-0.15, -0.1) is 0 Å². The Hall–Kier alpha value is -2.87. The normalized spacial score (nSPS) is 9.95. The Kier molecular flexibility index (Phi) is 4.19. The minimum Gasteiger partial charge on any atom is -0.478 e. The number of benzene rings is 2. The van der Waals surface area contributed by atoms with E-state index in [1.807, 2.05) is 13.0 Å². The first kappa shape index (κ1) is 14.5. The van der Waals surface area contributed by atoms with Gasteiger partial charge in [0.25, 0.3) is 0 Å². The Balaban J connectivity index is 2.22. The van der Waals surface area contributed by atoms with Gasteiger partial charge < -0.3 is 10.4 Å². The van der Waals surface area contributed by atoms with Crippen molar-refractivity contribution in [2.45, 2.75) is 13.5 Å². The summed E-state index contributed by atoms with van der Waals surface area (Å²) >= 11 is 0. The number of rotatable bonds is 4. The maximum atomic E-state index is 13.7. The number of aromatic carboxylic acids is 1. The van der Waals surface area contributed by atoms with Crippen molar-refractivity contribution in [3.63, 3.8) is 0 Å². The van der Waals surface area contributed by atoms with Crippen LogP contribution in [0.2, 0.25) is 0 Å². The van der Waals surface area contributed by atoms with Crippen LogP contribution in [0.5, 0.6) is 0 Å². The molecule has 0 saturated carbocycles. The molecule has 0 saturated heterocycles. The minimum atomic E-state index is -1.10. The van der Waals surface area contributed by atoms with Gasteiger partial charge in [0.1, 0.15) is 5.82 Å². The van der Waals surface area contributed by atoms with E-state index in [9.17, 15) is 9.18 Å². The minimum absolute atomic E-state index is 0.0377. The molecule has 2 rings (SSSR count). The number of anilines is 1. The molecule has 0 spiro atoms. The van der Waals surface area contributed by atoms with Gasteiger partial charge in [0.05, 0.1) is 17.2 Å². The fraction of sp³-hybridized carbons (Fsp3) is 0.125. The number of carboxylic acid groups (broad SMARTS) is 1. The number of nitriles is 1. The van der Waals surface area contributed by atoms with Crippen LogP contribution in [0, 0.1) is 24.1 Å². The molecule has 5 heteroatoms. The summed E-state index contributed by atoms with van der Waals surface area (Å²) in [6.07, 6.45) is 0. The summed E-state index contributed by atoms with van der Waals surface area (Å²) in [7, 11) is 0. The van der Waals surface area contributed by atoms with Gasteiger partial charge in [-0.3, -0.25) is 0 Å². The van der Waals surface area contributed by atoms with Gasteiger partial charge >= 0.3 is 5.97 Å². The Morgan fingerprint density at radius 3 is 2.76 bits per heavy atom. The van der Waals surface area contributed by atoms with Crippen LogP contribution in [-0.4, -0.2) is 11.1 Å². The lowest BCUT2D eigenvalue weighted by Crippen LogP contribution is -2.06. The predicted molar refractivity (Wildman–Crippen MR) is 76.6 cm³/mol. The van der Waals surface area contributed by atoms with Gasteiger partial charge in [0.2, 0.25) is 0 Å². The molecular formula is C16H13FN2O2. The highest BCUT2D eigenvalue weighted by Gasteiger charge is 2.09. The highest BCUT2D eigenvalue weighted by molar-refractivity contribution is 5.87. The quantitative estimate of drug-likeness (QED) is 0.903. The number of aryl methyl sites for hydroxylation is 1. The van der Waals surface area contributed by atoms with Crippen molar-refractivity contribution >= 4 is 11.7 Å². The summed E-state index contributed by atoms with van der Waals surface area (Å²) in [6.45, 7) is 2.01.